The third kappa shape index (κ3) is 4.00. The summed E-state index contributed by atoms with van der Waals surface area (Å²) in [7, 11) is 0. The lowest BCUT2D eigenvalue weighted by molar-refractivity contribution is -0.113. The number of hydrogen-bond acceptors (Lipinski definition) is 5. The van der Waals surface area contributed by atoms with Gasteiger partial charge in [-0.1, -0.05) is 35.0 Å². The fourth-order valence-corrected chi connectivity index (χ4v) is 2.33. The van der Waals surface area contributed by atoms with E-state index in [9.17, 15) is 4.79 Å². The van der Waals surface area contributed by atoms with Crippen molar-refractivity contribution in [1.29, 1.82) is 0 Å². The van der Waals surface area contributed by atoms with Crippen LogP contribution in [-0.4, -0.2) is 21.6 Å². The molecule has 0 aliphatic carbocycles. The molecule has 20 heavy (non-hydrogen) atoms. The van der Waals surface area contributed by atoms with Crippen molar-refractivity contribution < 1.29 is 4.79 Å². The summed E-state index contributed by atoms with van der Waals surface area (Å²) in [6, 6.07) is 4.88. The van der Waals surface area contributed by atoms with Gasteiger partial charge in [-0.05, 0) is 18.2 Å². The molecule has 0 aliphatic heterocycles. The largest absolute Gasteiger partial charge is 0.381 e. The molecule has 0 radical (unpaired) electrons. The Hall–Kier alpha value is -1.50. The van der Waals surface area contributed by atoms with Gasteiger partial charge in [0.1, 0.15) is 5.03 Å². The first-order valence-corrected chi connectivity index (χ1v) is 7.24. The summed E-state index contributed by atoms with van der Waals surface area (Å²) >= 11 is 12.9. The van der Waals surface area contributed by atoms with Crippen LogP contribution in [0.5, 0.6) is 0 Å². The number of amides is 1. The average molecular weight is 329 g/mol. The number of hydrogen-bond donors (Lipinski definition) is 2. The van der Waals surface area contributed by atoms with Gasteiger partial charge in [0.25, 0.3) is 0 Å². The average Bonchev–Trinajstić information content (AvgIpc) is 2.42. The fourth-order valence-electron chi connectivity index (χ4n) is 1.35. The van der Waals surface area contributed by atoms with Crippen LogP contribution in [-0.2, 0) is 4.79 Å². The highest BCUT2D eigenvalue weighted by atomic mass is 35.5. The molecule has 8 heteroatoms. The summed E-state index contributed by atoms with van der Waals surface area (Å²) in [5.41, 5.74) is 6.22. The van der Waals surface area contributed by atoms with Gasteiger partial charge in [0.05, 0.1) is 15.8 Å². The van der Waals surface area contributed by atoms with Crippen LogP contribution in [0.3, 0.4) is 0 Å². The number of halogens is 2. The molecule has 0 unspecified atom stereocenters. The van der Waals surface area contributed by atoms with Crippen molar-refractivity contribution in [3.05, 3.63) is 40.6 Å². The maximum absolute atomic E-state index is 11.8. The number of aromatic nitrogens is 2. The van der Waals surface area contributed by atoms with E-state index in [4.69, 9.17) is 28.9 Å². The lowest BCUT2D eigenvalue weighted by Gasteiger charge is -2.06. The molecule has 1 aromatic carbocycles. The van der Waals surface area contributed by atoms with E-state index in [1.54, 1.807) is 18.2 Å². The summed E-state index contributed by atoms with van der Waals surface area (Å²) in [4.78, 5) is 19.7. The van der Waals surface area contributed by atoms with Gasteiger partial charge < -0.3 is 11.1 Å². The zero-order valence-corrected chi connectivity index (χ0v) is 12.5. The SMILES string of the molecule is Nc1nccnc1SCC(=O)Nc1ccc(Cl)c(Cl)c1. The Morgan fingerprint density at radius 3 is 2.70 bits per heavy atom. The molecule has 0 saturated carbocycles. The molecule has 1 aromatic heterocycles. The van der Waals surface area contributed by atoms with Gasteiger partial charge >= 0.3 is 0 Å². The van der Waals surface area contributed by atoms with E-state index in [1.807, 2.05) is 0 Å². The van der Waals surface area contributed by atoms with Crippen molar-refractivity contribution in [1.82, 2.24) is 9.97 Å². The maximum Gasteiger partial charge on any atom is 0.234 e. The molecule has 0 fully saturated rings. The van der Waals surface area contributed by atoms with Crippen LogP contribution in [0.1, 0.15) is 0 Å². The van der Waals surface area contributed by atoms with Gasteiger partial charge in [-0.15, -0.1) is 0 Å². The van der Waals surface area contributed by atoms with E-state index in [0.29, 0.717) is 26.6 Å². The van der Waals surface area contributed by atoms with Crippen LogP contribution in [0.25, 0.3) is 0 Å². The predicted octanol–water partition coefficient (Wildman–Crippen LogP) is 3.10. The van der Waals surface area contributed by atoms with Crippen LogP contribution in [0.4, 0.5) is 11.5 Å². The van der Waals surface area contributed by atoms with Gasteiger partial charge in [0, 0.05) is 18.1 Å². The Bertz CT molecular complexity index is 639. The molecule has 0 atom stereocenters. The molecular formula is C12H10Cl2N4OS. The third-order valence-corrected chi connectivity index (χ3v) is 3.97. The normalized spacial score (nSPS) is 10.3. The van der Waals surface area contributed by atoms with E-state index in [1.165, 1.54) is 24.2 Å². The fraction of sp³-hybridized carbons (Fsp3) is 0.0833. The molecule has 2 rings (SSSR count). The highest BCUT2D eigenvalue weighted by Gasteiger charge is 2.08. The van der Waals surface area contributed by atoms with Crippen LogP contribution in [0.2, 0.25) is 10.0 Å². The topological polar surface area (TPSA) is 80.9 Å². The Morgan fingerprint density at radius 2 is 2.00 bits per heavy atom. The third-order valence-electron chi connectivity index (χ3n) is 2.23. The summed E-state index contributed by atoms with van der Waals surface area (Å²) in [6.45, 7) is 0. The van der Waals surface area contributed by atoms with Crippen molar-refractivity contribution in [2.75, 3.05) is 16.8 Å². The second-order valence-corrected chi connectivity index (χ2v) is 5.49. The van der Waals surface area contributed by atoms with Crippen LogP contribution < -0.4 is 11.1 Å². The van der Waals surface area contributed by atoms with E-state index in [-0.39, 0.29) is 11.7 Å². The number of carbonyl (C=O) groups excluding carboxylic acids is 1. The minimum Gasteiger partial charge on any atom is -0.381 e. The number of anilines is 2. The second-order valence-electron chi connectivity index (χ2n) is 3.71. The molecule has 0 spiro atoms. The molecular weight excluding hydrogens is 319 g/mol. The molecule has 0 saturated heterocycles. The second kappa shape index (κ2) is 6.78. The molecule has 1 amide bonds. The minimum atomic E-state index is -0.196. The number of thioether (sulfide) groups is 1. The standard InChI is InChI=1S/C12H10Cl2N4OS/c13-8-2-1-7(5-9(8)14)18-10(19)6-20-12-11(15)16-3-4-17-12/h1-5H,6H2,(H2,15,16)(H,18,19). The number of nitrogens with one attached hydrogen (secondary N) is 1. The number of rotatable bonds is 4. The van der Waals surface area contributed by atoms with Gasteiger partial charge in [0.15, 0.2) is 5.82 Å². The Balaban J connectivity index is 1.93. The molecule has 5 nitrogen and oxygen atoms in total. The Kier molecular flexibility index (Phi) is 5.05. The first-order valence-electron chi connectivity index (χ1n) is 5.50. The van der Waals surface area contributed by atoms with E-state index in [0.717, 1.165) is 0 Å². The first kappa shape index (κ1) is 14.9. The molecule has 3 N–H and O–H groups in total. The van der Waals surface area contributed by atoms with Gasteiger partial charge in [-0.3, -0.25) is 4.79 Å². The van der Waals surface area contributed by atoms with E-state index in [2.05, 4.69) is 15.3 Å². The van der Waals surface area contributed by atoms with Crippen molar-refractivity contribution >= 4 is 52.4 Å². The summed E-state index contributed by atoms with van der Waals surface area (Å²) in [5, 5.41) is 4.05. The summed E-state index contributed by atoms with van der Waals surface area (Å²) in [5.74, 6) is 0.279. The molecule has 1 heterocycles. The molecule has 2 aromatic rings. The minimum absolute atomic E-state index is 0.170. The van der Waals surface area contributed by atoms with Gasteiger partial charge in [-0.2, -0.15) is 0 Å². The van der Waals surface area contributed by atoms with Crippen molar-refractivity contribution in [3.63, 3.8) is 0 Å². The zero-order chi connectivity index (χ0) is 14.5. The highest BCUT2D eigenvalue weighted by molar-refractivity contribution is 8.00. The first-order chi connectivity index (χ1) is 9.56. The molecule has 0 bridgehead atoms. The van der Waals surface area contributed by atoms with E-state index >= 15 is 0 Å². The van der Waals surface area contributed by atoms with Crippen molar-refractivity contribution in [2.45, 2.75) is 5.03 Å². The molecule has 0 aliphatic rings. The Morgan fingerprint density at radius 1 is 1.25 bits per heavy atom. The van der Waals surface area contributed by atoms with Gasteiger partial charge in [0.2, 0.25) is 5.91 Å². The number of nitrogens with zero attached hydrogens (tertiary/aromatic N) is 2. The summed E-state index contributed by atoms with van der Waals surface area (Å²) in [6.07, 6.45) is 3.02. The smallest absolute Gasteiger partial charge is 0.234 e. The van der Waals surface area contributed by atoms with Crippen LogP contribution >= 0.6 is 35.0 Å². The Labute approximate surface area is 129 Å². The quantitative estimate of drug-likeness (QED) is 0.843. The number of benzene rings is 1. The van der Waals surface area contributed by atoms with Crippen LogP contribution in [0, 0.1) is 0 Å². The highest BCUT2D eigenvalue weighted by Crippen LogP contribution is 2.25. The van der Waals surface area contributed by atoms with Crippen molar-refractivity contribution in [3.8, 4) is 0 Å². The van der Waals surface area contributed by atoms with Crippen LogP contribution in [0.15, 0.2) is 35.6 Å². The van der Waals surface area contributed by atoms with Crippen molar-refractivity contribution in [2.24, 2.45) is 0 Å². The van der Waals surface area contributed by atoms with Gasteiger partial charge in [-0.25, -0.2) is 9.97 Å². The molecule has 104 valence electrons. The zero-order valence-electron chi connectivity index (χ0n) is 10.1. The number of carbonyl (C=O) groups is 1. The maximum atomic E-state index is 11.8. The number of nitrogens with two attached hydrogens (primary N) is 1. The lowest BCUT2D eigenvalue weighted by Crippen LogP contribution is -2.14. The van der Waals surface area contributed by atoms with E-state index < -0.39 is 0 Å². The summed E-state index contributed by atoms with van der Waals surface area (Å²) < 4.78 is 0. The lowest BCUT2D eigenvalue weighted by atomic mass is 10.3. The monoisotopic (exact) mass is 328 g/mol. The predicted molar refractivity (Wildman–Crippen MR) is 82.3 cm³/mol. The number of nitrogen functional groups attached to an aromatic ring is 1.